The van der Waals surface area contributed by atoms with Gasteiger partial charge in [-0.1, -0.05) is 6.07 Å². The molecule has 0 amide bonds. The average Bonchev–Trinajstić information content (AvgIpc) is 2.53. The highest BCUT2D eigenvalue weighted by atomic mass is 19.2. The van der Waals surface area contributed by atoms with Gasteiger partial charge in [-0.3, -0.25) is 0 Å². The van der Waals surface area contributed by atoms with Gasteiger partial charge in [-0.25, -0.2) is 8.78 Å². The molecule has 0 radical (unpaired) electrons. The first kappa shape index (κ1) is 14.8. The number of anilines is 1. The molecule has 0 atom stereocenters. The van der Waals surface area contributed by atoms with Crippen molar-refractivity contribution in [3.05, 3.63) is 59.7 Å². The van der Waals surface area contributed by atoms with E-state index in [4.69, 9.17) is 15.2 Å². The predicted octanol–water partition coefficient (Wildman–Crippen LogP) is 3.63. The van der Waals surface area contributed by atoms with Gasteiger partial charge in [0.2, 0.25) is 0 Å². The van der Waals surface area contributed by atoms with E-state index in [0.29, 0.717) is 43.1 Å². The number of hydrogen-bond donors (Lipinski definition) is 1. The fourth-order valence-electron chi connectivity index (χ4n) is 2.69. The minimum absolute atomic E-state index is 0.508. The third kappa shape index (κ3) is 2.90. The van der Waals surface area contributed by atoms with Crippen molar-refractivity contribution in [2.75, 3.05) is 18.9 Å². The zero-order valence-electron chi connectivity index (χ0n) is 12.0. The summed E-state index contributed by atoms with van der Waals surface area (Å²) >= 11 is 0. The summed E-state index contributed by atoms with van der Waals surface area (Å²) in [6, 6.07) is 10.9. The first-order valence-electron chi connectivity index (χ1n) is 7.17. The van der Waals surface area contributed by atoms with Gasteiger partial charge < -0.3 is 15.2 Å². The number of halogens is 2. The predicted molar refractivity (Wildman–Crippen MR) is 79.6 cm³/mol. The molecule has 1 saturated heterocycles. The van der Waals surface area contributed by atoms with Gasteiger partial charge in [0.15, 0.2) is 11.6 Å². The van der Waals surface area contributed by atoms with Crippen molar-refractivity contribution in [3.63, 3.8) is 0 Å². The Morgan fingerprint density at radius 2 is 1.64 bits per heavy atom. The molecule has 116 valence electrons. The van der Waals surface area contributed by atoms with Gasteiger partial charge in [-0.05, 0) is 42.0 Å². The molecule has 1 aliphatic rings. The molecule has 2 N–H and O–H groups in total. The Labute approximate surface area is 127 Å². The van der Waals surface area contributed by atoms with Gasteiger partial charge >= 0.3 is 0 Å². The van der Waals surface area contributed by atoms with Crippen LogP contribution in [0.25, 0.3) is 0 Å². The van der Waals surface area contributed by atoms with Crippen molar-refractivity contribution >= 4 is 5.69 Å². The maximum atomic E-state index is 13.6. The van der Waals surface area contributed by atoms with Crippen molar-refractivity contribution in [1.82, 2.24) is 0 Å². The second-order valence-electron chi connectivity index (χ2n) is 5.41. The zero-order chi connectivity index (χ0) is 15.6. The molecule has 2 aromatic carbocycles. The third-order valence-electron chi connectivity index (χ3n) is 3.94. The van der Waals surface area contributed by atoms with Crippen molar-refractivity contribution in [3.8, 4) is 5.75 Å². The van der Waals surface area contributed by atoms with Crippen LogP contribution in [0.3, 0.4) is 0 Å². The number of ether oxygens (including phenoxy) is 2. The highest BCUT2D eigenvalue weighted by Gasteiger charge is 2.37. The minimum atomic E-state index is -0.871. The molecule has 0 spiro atoms. The molecule has 0 bridgehead atoms. The first-order chi connectivity index (χ1) is 10.6. The van der Waals surface area contributed by atoms with E-state index in [9.17, 15) is 8.78 Å². The Bertz CT molecular complexity index is 652. The molecule has 3 rings (SSSR count). The molecular formula is C17H17F2NO2. The highest BCUT2D eigenvalue weighted by Crippen LogP contribution is 2.37. The topological polar surface area (TPSA) is 44.5 Å². The van der Waals surface area contributed by atoms with Crippen LogP contribution in [0.5, 0.6) is 5.75 Å². The zero-order valence-corrected chi connectivity index (χ0v) is 12.0. The maximum absolute atomic E-state index is 13.6. The van der Waals surface area contributed by atoms with Crippen LogP contribution in [0.1, 0.15) is 18.4 Å². The number of nitrogens with two attached hydrogens (primary N) is 1. The van der Waals surface area contributed by atoms with Crippen molar-refractivity contribution in [2.24, 2.45) is 0 Å². The van der Waals surface area contributed by atoms with E-state index in [0.717, 1.165) is 6.07 Å². The second kappa shape index (κ2) is 5.93. The Balaban J connectivity index is 1.96. The van der Waals surface area contributed by atoms with Crippen molar-refractivity contribution in [1.29, 1.82) is 0 Å². The SMILES string of the molecule is Nc1ccc(OC2(c3ccc(F)c(F)c3)CCOCC2)cc1. The Morgan fingerprint density at radius 1 is 0.955 bits per heavy atom. The fourth-order valence-corrected chi connectivity index (χ4v) is 2.69. The second-order valence-corrected chi connectivity index (χ2v) is 5.41. The van der Waals surface area contributed by atoms with Crippen molar-refractivity contribution < 1.29 is 18.3 Å². The Hall–Kier alpha value is -2.14. The molecule has 0 aromatic heterocycles. The lowest BCUT2D eigenvalue weighted by molar-refractivity contribution is -0.0502. The van der Waals surface area contributed by atoms with E-state index in [1.807, 2.05) is 0 Å². The van der Waals surface area contributed by atoms with Crippen LogP contribution in [0.15, 0.2) is 42.5 Å². The molecule has 22 heavy (non-hydrogen) atoms. The van der Waals surface area contributed by atoms with E-state index >= 15 is 0 Å². The normalized spacial score (nSPS) is 17.2. The van der Waals surface area contributed by atoms with Crippen LogP contribution < -0.4 is 10.5 Å². The van der Waals surface area contributed by atoms with E-state index < -0.39 is 17.2 Å². The molecule has 1 aliphatic heterocycles. The van der Waals surface area contributed by atoms with Gasteiger partial charge in [-0.2, -0.15) is 0 Å². The Morgan fingerprint density at radius 3 is 2.27 bits per heavy atom. The lowest BCUT2D eigenvalue weighted by Crippen LogP contribution is -2.39. The summed E-state index contributed by atoms with van der Waals surface area (Å²) in [5, 5.41) is 0. The van der Waals surface area contributed by atoms with Gasteiger partial charge in [-0.15, -0.1) is 0 Å². The van der Waals surface area contributed by atoms with Crippen LogP contribution in [0.4, 0.5) is 14.5 Å². The standard InChI is InChI=1S/C17H17F2NO2/c18-15-6-1-12(11-16(15)19)17(7-9-21-10-8-17)22-14-4-2-13(20)3-5-14/h1-6,11H,7-10,20H2. The number of rotatable bonds is 3. The molecule has 0 unspecified atom stereocenters. The summed E-state index contributed by atoms with van der Waals surface area (Å²) in [7, 11) is 0. The first-order valence-corrected chi connectivity index (χ1v) is 7.17. The van der Waals surface area contributed by atoms with Gasteiger partial charge in [0, 0.05) is 18.5 Å². The van der Waals surface area contributed by atoms with Crippen LogP contribution in [0, 0.1) is 11.6 Å². The average molecular weight is 305 g/mol. The third-order valence-corrected chi connectivity index (χ3v) is 3.94. The Kier molecular flexibility index (Phi) is 3.98. The van der Waals surface area contributed by atoms with Crippen LogP contribution in [0.2, 0.25) is 0 Å². The number of hydrogen-bond acceptors (Lipinski definition) is 3. The summed E-state index contributed by atoms with van der Waals surface area (Å²) in [5.74, 6) is -1.09. The molecule has 1 fully saturated rings. The van der Waals surface area contributed by atoms with E-state index in [-0.39, 0.29) is 0 Å². The molecule has 2 aromatic rings. The number of benzene rings is 2. The van der Waals surface area contributed by atoms with Crippen LogP contribution >= 0.6 is 0 Å². The molecule has 3 nitrogen and oxygen atoms in total. The molecule has 1 heterocycles. The van der Waals surface area contributed by atoms with E-state index in [2.05, 4.69) is 0 Å². The lowest BCUT2D eigenvalue weighted by atomic mass is 9.86. The van der Waals surface area contributed by atoms with Crippen molar-refractivity contribution in [2.45, 2.75) is 18.4 Å². The molecule has 5 heteroatoms. The summed E-state index contributed by atoms with van der Waals surface area (Å²) in [6.45, 7) is 1.02. The summed E-state index contributed by atoms with van der Waals surface area (Å²) in [6.07, 6.45) is 1.14. The summed E-state index contributed by atoms with van der Waals surface area (Å²) in [4.78, 5) is 0. The lowest BCUT2D eigenvalue weighted by Gasteiger charge is -2.38. The molecule has 0 aliphatic carbocycles. The smallest absolute Gasteiger partial charge is 0.159 e. The summed E-state index contributed by atoms with van der Waals surface area (Å²) in [5.41, 5.74) is 6.21. The molecule has 0 saturated carbocycles. The van der Waals surface area contributed by atoms with Crippen LogP contribution in [-0.2, 0) is 10.3 Å². The van der Waals surface area contributed by atoms with Gasteiger partial charge in [0.1, 0.15) is 11.4 Å². The van der Waals surface area contributed by atoms with Gasteiger partial charge in [0.25, 0.3) is 0 Å². The maximum Gasteiger partial charge on any atom is 0.159 e. The summed E-state index contributed by atoms with van der Waals surface area (Å²) < 4.78 is 38.4. The number of nitrogen functional groups attached to an aromatic ring is 1. The van der Waals surface area contributed by atoms with E-state index in [1.54, 1.807) is 30.3 Å². The van der Waals surface area contributed by atoms with E-state index in [1.165, 1.54) is 6.07 Å². The largest absolute Gasteiger partial charge is 0.482 e. The monoisotopic (exact) mass is 305 g/mol. The quantitative estimate of drug-likeness (QED) is 0.881. The van der Waals surface area contributed by atoms with Gasteiger partial charge in [0.05, 0.1) is 13.2 Å². The van der Waals surface area contributed by atoms with Crippen LogP contribution in [-0.4, -0.2) is 13.2 Å². The minimum Gasteiger partial charge on any atom is -0.482 e. The fraction of sp³-hybridized carbons (Fsp3) is 0.294. The molecular weight excluding hydrogens is 288 g/mol. The highest BCUT2D eigenvalue weighted by molar-refractivity contribution is 5.42.